The highest BCUT2D eigenvalue weighted by atomic mass is 16.3. The maximum absolute atomic E-state index is 10.5. The van der Waals surface area contributed by atoms with Gasteiger partial charge in [-0.15, -0.1) is 0 Å². The van der Waals surface area contributed by atoms with Gasteiger partial charge < -0.3 is 15.3 Å². The molecule has 1 fully saturated rings. The molecule has 0 saturated heterocycles. The van der Waals surface area contributed by atoms with Gasteiger partial charge in [-0.2, -0.15) is 0 Å². The van der Waals surface area contributed by atoms with Gasteiger partial charge in [-0.1, -0.05) is 20.8 Å². The number of rotatable bonds is 2. The van der Waals surface area contributed by atoms with Crippen molar-refractivity contribution in [3.05, 3.63) is 0 Å². The number of aliphatic hydroxyl groups excluding tert-OH is 2. The summed E-state index contributed by atoms with van der Waals surface area (Å²) in [5.41, 5.74) is -1.17. The van der Waals surface area contributed by atoms with Gasteiger partial charge in [0.1, 0.15) is 0 Å². The molecule has 3 heteroatoms. The summed E-state index contributed by atoms with van der Waals surface area (Å²) in [6.45, 7) is 5.86. The fourth-order valence-electron chi connectivity index (χ4n) is 2.87. The Morgan fingerprint density at radius 2 is 1.93 bits per heavy atom. The minimum Gasteiger partial charge on any atom is -0.396 e. The first-order valence-electron chi connectivity index (χ1n) is 5.35. The quantitative estimate of drug-likeness (QED) is 0.624. The summed E-state index contributed by atoms with van der Waals surface area (Å²) in [6.07, 6.45) is 1.31. The average molecular weight is 202 g/mol. The zero-order valence-corrected chi connectivity index (χ0v) is 9.32. The second kappa shape index (κ2) is 3.80. The Kier molecular flexibility index (Phi) is 3.24. The molecule has 0 aliphatic heterocycles. The number of aliphatic hydroxyl groups is 3. The van der Waals surface area contributed by atoms with Crippen molar-refractivity contribution in [2.24, 2.45) is 11.3 Å². The molecule has 1 rings (SSSR count). The molecule has 0 aromatic carbocycles. The average Bonchev–Trinajstić information content (AvgIpc) is 2.00. The lowest BCUT2D eigenvalue weighted by Gasteiger charge is -2.52. The Bertz CT molecular complexity index is 203. The van der Waals surface area contributed by atoms with E-state index in [1.54, 1.807) is 0 Å². The SMILES string of the molecule is C[C@@H]1C[C@@H](O)CC(C)(C)[C@]1(O)CCO. The van der Waals surface area contributed by atoms with Crippen LogP contribution in [0.2, 0.25) is 0 Å². The van der Waals surface area contributed by atoms with Crippen LogP contribution in [0.1, 0.15) is 40.0 Å². The zero-order chi connectivity index (χ0) is 11.0. The van der Waals surface area contributed by atoms with Crippen LogP contribution in [0.15, 0.2) is 0 Å². The molecule has 1 aliphatic carbocycles. The number of hydrogen-bond donors (Lipinski definition) is 3. The first-order valence-corrected chi connectivity index (χ1v) is 5.35. The van der Waals surface area contributed by atoms with E-state index in [0.717, 1.165) is 0 Å². The van der Waals surface area contributed by atoms with Gasteiger partial charge in [0.05, 0.1) is 11.7 Å². The third-order valence-electron chi connectivity index (χ3n) is 3.85. The van der Waals surface area contributed by atoms with Crippen molar-refractivity contribution in [1.82, 2.24) is 0 Å². The molecule has 84 valence electrons. The first kappa shape index (κ1) is 12.0. The van der Waals surface area contributed by atoms with Crippen LogP contribution in [0.4, 0.5) is 0 Å². The van der Waals surface area contributed by atoms with Crippen molar-refractivity contribution in [1.29, 1.82) is 0 Å². The van der Waals surface area contributed by atoms with E-state index in [2.05, 4.69) is 0 Å². The fourth-order valence-corrected chi connectivity index (χ4v) is 2.87. The minimum absolute atomic E-state index is 0.000362. The van der Waals surface area contributed by atoms with Crippen molar-refractivity contribution in [2.75, 3.05) is 6.61 Å². The van der Waals surface area contributed by atoms with Crippen molar-refractivity contribution < 1.29 is 15.3 Å². The second-order valence-electron chi connectivity index (χ2n) is 5.28. The summed E-state index contributed by atoms with van der Waals surface area (Å²) < 4.78 is 0. The normalized spacial score (nSPS) is 42.4. The summed E-state index contributed by atoms with van der Waals surface area (Å²) in [7, 11) is 0. The Hall–Kier alpha value is -0.120. The largest absolute Gasteiger partial charge is 0.396 e. The predicted molar refractivity (Wildman–Crippen MR) is 54.8 cm³/mol. The van der Waals surface area contributed by atoms with Gasteiger partial charge in [-0.25, -0.2) is 0 Å². The van der Waals surface area contributed by atoms with E-state index in [4.69, 9.17) is 5.11 Å². The van der Waals surface area contributed by atoms with E-state index in [-0.39, 0.29) is 24.0 Å². The highest BCUT2D eigenvalue weighted by molar-refractivity contribution is 5.02. The van der Waals surface area contributed by atoms with E-state index in [1.807, 2.05) is 20.8 Å². The minimum atomic E-state index is -0.846. The molecule has 3 N–H and O–H groups in total. The molecule has 0 heterocycles. The van der Waals surface area contributed by atoms with Gasteiger partial charge in [-0.3, -0.25) is 0 Å². The van der Waals surface area contributed by atoms with Crippen LogP contribution in [0.25, 0.3) is 0 Å². The van der Waals surface area contributed by atoms with E-state index in [9.17, 15) is 10.2 Å². The standard InChI is InChI=1S/C11H22O3/c1-8-6-9(13)7-10(2,3)11(8,14)4-5-12/h8-9,12-14H,4-7H2,1-3H3/t8-,9-,11+/m1/s1. The fraction of sp³-hybridized carbons (Fsp3) is 1.00. The molecular formula is C11H22O3. The highest BCUT2D eigenvalue weighted by Crippen LogP contribution is 2.48. The van der Waals surface area contributed by atoms with Gasteiger partial charge in [0, 0.05) is 6.61 Å². The third kappa shape index (κ3) is 1.81. The molecule has 0 amide bonds. The van der Waals surface area contributed by atoms with Gasteiger partial charge in [0.25, 0.3) is 0 Å². The van der Waals surface area contributed by atoms with Gasteiger partial charge >= 0.3 is 0 Å². The van der Waals surface area contributed by atoms with Crippen LogP contribution in [-0.2, 0) is 0 Å². The first-order chi connectivity index (χ1) is 6.33. The van der Waals surface area contributed by atoms with Crippen molar-refractivity contribution in [3.63, 3.8) is 0 Å². The van der Waals surface area contributed by atoms with Gasteiger partial charge in [-0.05, 0) is 30.6 Å². The second-order valence-corrected chi connectivity index (χ2v) is 5.28. The lowest BCUT2D eigenvalue weighted by Crippen LogP contribution is -2.56. The van der Waals surface area contributed by atoms with E-state index >= 15 is 0 Å². The molecule has 0 spiro atoms. The van der Waals surface area contributed by atoms with Crippen LogP contribution < -0.4 is 0 Å². The zero-order valence-electron chi connectivity index (χ0n) is 9.32. The van der Waals surface area contributed by atoms with Crippen LogP contribution in [0.5, 0.6) is 0 Å². The van der Waals surface area contributed by atoms with Crippen molar-refractivity contribution >= 4 is 0 Å². The van der Waals surface area contributed by atoms with Crippen LogP contribution in [0, 0.1) is 11.3 Å². The summed E-state index contributed by atoms with van der Waals surface area (Å²) in [5, 5.41) is 29.1. The van der Waals surface area contributed by atoms with Crippen molar-refractivity contribution in [3.8, 4) is 0 Å². The molecule has 0 unspecified atom stereocenters. The lowest BCUT2D eigenvalue weighted by atomic mass is 9.59. The smallest absolute Gasteiger partial charge is 0.0747 e. The summed E-state index contributed by atoms with van der Waals surface area (Å²) in [5.74, 6) is 0.0356. The van der Waals surface area contributed by atoms with E-state index in [1.165, 1.54) is 0 Å². The van der Waals surface area contributed by atoms with E-state index < -0.39 is 5.60 Å². The molecule has 0 aromatic rings. The van der Waals surface area contributed by atoms with Crippen LogP contribution in [-0.4, -0.2) is 33.6 Å². The third-order valence-corrected chi connectivity index (χ3v) is 3.85. The van der Waals surface area contributed by atoms with E-state index in [0.29, 0.717) is 19.3 Å². The lowest BCUT2D eigenvalue weighted by molar-refractivity contribution is -0.168. The molecular weight excluding hydrogens is 180 g/mol. The predicted octanol–water partition coefficient (Wildman–Crippen LogP) is 0.917. The van der Waals surface area contributed by atoms with Crippen molar-refractivity contribution in [2.45, 2.75) is 51.7 Å². The summed E-state index contributed by atoms with van der Waals surface area (Å²) in [6, 6.07) is 0. The number of hydrogen-bond acceptors (Lipinski definition) is 3. The topological polar surface area (TPSA) is 60.7 Å². The molecule has 3 nitrogen and oxygen atoms in total. The molecule has 0 radical (unpaired) electrons. The van der Waals surface area contributed by atoms with Gasteiger partial charge in [0.2, 0.25) is 0 Å². The molecule has 1 saturated carbocycles. The maximum Gasteiger partial charge on any atom is 0.0747 e. The highest BCUT2D eigenvalue weighted by Gasteiger charge is 2.51. The Balaban J connectivity index is 2.89. The molecule has 14 heavy (non-hydrogen) atoms. The maximum atomic E-state index is 10.5. The Morgan fingerprint density at radius 1 is 1.36 bits per heavy atom. The monoisotopic (exact) mass is 202 g/mol. The molecule has 0 bridgehead atoms. The molecule has 0 aromatic heterocycles. The summed E-state index contributed by atoms with van der Waals surface area (Å²) in [4.78, 5) is 0. The van der Waals surface area contributed by atoms with Crippen LogP contribution in [0.3, 0.4) is 0 Å². The Labute approximate surface area is 85.8 Å². The molecule has 3 atom stereocenters. The summed E-state index contributed by atoms with van der Waals surface area (Å²) >= 11 is 0. The van der Waals surface area contributed by atoms with Gasteiger partial charge in [0.15, 0.2) is 0 Å². The Morgan fingerprint density at radius 3 is 2.36 bits per heavy atom. The van der Waals surface area contributed by atoms with Crippen LogP contribution >= 0.6 is 0 Å². The molecule has 1 aliphatic rings.